The zero-order valence-corrected chi connectivity index (χ0v) is 23.4. The molecule has 0 spiro atoms. The van der Waals surface area contributed by atoms with Gasteiger partial charge in [0.2, 0.25) is 0 Å². The minimum absolute atomic E-state index is 0.0750. The van der Waals surface area contributed by atoms with Crippen molar-refractivity contribution < 1.29 is 14.3 Å². The molecule has 5 nitrogen and oxygen atoms in total. The molecule has 1 aromatic carbocycles. The van der Waals surface area contributed by atoms with E-state index >= 15 is 0 Å². The van der Waals surface area contributed by atoms with Crippen LogP contribution in [0.3, 0.4) is 0 Å². The Kier molecular flexibility index (Phi) is 12.3. The van der Waals surface area contributed by atoms with E-state index in [1.54, 1.807) is 0 Å². The minimum atomic E-state index is -0.319. The molecule has 5 heteroatoms. The van der Waals surface area contributed by atoms with Crippen LogP contribution in [-0.4, -0.2) is 30.1 Å². The number of hydrogen-bond acceptors (Lipinski definition) is 5. The zero-order valence-electron chi connectivity index (χ0n) is 23.4. The van der Waals surface area contributed by atoms with Gasteiger partial charge in [-0.2, -0.15) is 0 Å². The van der Waals surface area contributed by atoms with E-state index in [1.165, 1.54) is 0 Å². The van der Waals surface area contributed by atoms with Crippen molar-refractivity contribution in [1.82, 2.24) is 5.32 Å². The Bertz CT molecular complexity index is 968. The number of carbonyl (C=O) groups excluding carboxylic acids is 2. The van der Waals surface area contributed by atoms with Crippen LogP contribution in [0.25, 0.3) is 0 Å². The van der Waals surface area contributed by atoms with E-state index in [1.807, 2.05) is 26.0 Å². The third-order valence-corrected chi connectivity index (χ3v) is 6.90. The standard InChI is InChI=1S/C31H46N2O3/c1-8-23(6)30(26(9-2)17-22(5)20-34)33-28-18-25(15-14-24(28)7)19-32-29(16-21(3)4)31(35)36-27-12-10-11-13-27/h9,14-15,17-18,20-21,23,27,29,32H,8,10-13,16,19H2,1-7H3/b22-17-,26-9+,33-30?/t23-,29?/m0/s1. The van der Waals surface area contributed by atoms with Gasteiger partial charge in [-0.3, -0.25) is 14.6 Å². The SMILES string of the molecule is C/C=C(\C=C(\C)C=O)C(=Nc1cc(CNC(CC(C)C)C(=O)OC2CCCC2)ccc1C)[C@@H](C)CC. The molecule has 0 radical (unpaired) electrons. The van der Waals surface area contributed by atoms with Gasteiger partial charge in [0.15, 0.2) is 0 Å². The summed E-state index contributed by atoms with van der Waals surface area (Å²) in [5.41, 5.74) is 5.71. The van der Waals surface area contributed by atoms with Gasteiger partial charge in [0.1, 0.15) is 18.4 Å². The van der Waals surface area contributed by atoms with Crippen LogP contribution in [0, 0.1) is 18.8 Å². The zero-order chi connectivity index (χ0) is 26.7. The normalized spacial score (nSPS) is 17.4. The molecular formula is C31H46N2O3. The first-order valence-electron chi connectivity index (χ1n) is 13.6. The Morgan fingerprint density at radius 3 is 2.50 bits per heavy atom. The maximum Gasteiger partial charge on any atom is 0.323 e. The van der Waals surface area contributed by atoms with E-state index in [9.17, 15) is 9.59 Å². The molecule has 1 fully saturated rings. The molecule has 198 valence electrons. The summed E-state index contributed by atoms with van der Waals surface area (Å²) in [5, 5.41) is 3.46. The second kappa shape index (κ2) is 14.9. The van der Waals surface area contributed by atoms with Crippen LogP contribution in [0.4, 0.5) is 5.69 Å². The van der Waals surface area contributed by atoms with Gasteiger partial charge in [-0.05, 0) is 106 Å². The van der Waals surface area contributed by atoms with E-state index in [2.05, 4.69) is 58.1 Å². The summed E-state index contributed by atoms with van der Waals surface area (Å²) in [4.78, 5) is 29.2. The van der Waals surface area contributed by atoms with E-state index < -0.39 is 0 Å². The number of rotatable bonds is 13. The van der Waals surface area contributed by atoms with Gasteiger partial charge in [-0.15, -0.1) is 0 Å². The van der Waals surface area contributed by atoms with Gasteiger partial charge in [0.05, 0.1) is 11.4 Å². The quantitative estimate of drug-likeness (QED) is 0.104. The summed E-state index contributed by atoms with van der Waals surface area (Å²) in [6.45, 7) is 15.0. The second-order valence-corrected chi connectivity index (χ2v) is 10.6. The highest BCUT2D eigenvalue weighted by Gasteiger charge is 2.26. The average Bonchev–Trinajstić information content (AvgIpc) is 3.37. The fourth-order valence-electron chi connectivity index (χ4n) is 4.48. The Morgan fingerprint density at radius 1 is 1.22 bits per heavy atom. The fraction of sp³-hybridized carbons (Fsp3) is 0.581. The predicted molar refractivity (Wildman–Crippen MR) is 150 cm³/mol. The second-order valence-electron chi connectivity index (χ2n) is 10.6. The molecular weight excluding hydrogens is 448 g/mol. The number of nitrogens with zero attached hydrogens (tertiary/aromatic N) is 1. The topological polar surface area (TPSA) is 67.8 Å². The first-order valence-corrected chi connectivity index (χ1v) is 13.6. The Hall–Kier alpha value is -2.53. The molecule has 1 N–H and O–H groups in total. The van der Waals surface area contributed by atoms with E-state index in [0.29, 0.717) is 18.0 Å². The Labute approximate surface area is 218 Å². The summed E-state index contributed by atoms with van der Waals surface area (Å²) in [5.74, 6) is 0.501. The smallest absolute Gasteiger partial charge is 0.323 e. The number of benzene rings is 1. The number of esters is 1. The van der Waals surface area contributed by atoms with E-state index in [0.717, 1.165) is 72.9 Å². The van der Waals surface area contributed by atoms with Gasteiger partial charge >= 0.3 is 5.97 Å². The molecule has 0 bridgehead atoms. The lowest BCUT2D eigenvalue weighted by Gasteiger charge is -2.22. The fourth-order valence-corrected chi connectivity index (χ4v) is 4.48. The van der Waals surface area contributed by atoms with Crippen LogP contribution in [0.5, 0.6) is 0 Å². The summed E-state index contributed by atoms with van der Waals surface area (Å²) >= 11 is 0. The predicted octanol–water partition coefficient (Wildman–Crippen LogP) is 7.20. The molecule has 2 rings (SSSR count). The van der Waals surface area contributed by atoms with Crippen molar-refractivity contribution in [1.29, 1.82) is 0 Å². The number of aryl methyl sites for hydroxylation is 1. The monoisotopic (exact) mass is 494 g/mol. The average molecular weight is 495 g/mol. The molecule has 1 unspecified atom stereocenters. The third kappa shape index (κ3) is 9.16. The molecule has 1 aliphatic carbocycles. The van der Waals surface area contributed by atoms with Crippen molar-refractivity contribution >= 4 is 23.7 Å². The summed E-state index contributed by atoms with van der Waals surface area (Å²) in [6, 6.07) is 5.95. The van der Waals surface area contributed by atoms with Gasteiger partial charge in [-0.1, -0.05) is 45.9 Å². The molecule has 36 heavy (non-hydrogen) atoms. The van der Waals surface area contributed by atoms with Gasteiger partial charge < -0.3 is 10.1 Å². The maximum atomic E-state index is 12.9. The molecule has 0 heterocycles. The van der Waals surface area contributed by atoms with Crippen LogP contribution in [0.1, 0.15) is 91.2 Å². The number of allylic oxidation sites excluding steroid dienone is 4. The number of hydrogen-bond donors (Lipinski definition) is 1. The van der Waals surface area contributed by atoms with Crippen molar-refractivity contribution in [2.75, 3.05) is 0 Å². The molecule has 1 saturated carbocycles. The number of ether oxygens (including phenoxy) is 1. The van der Waals surface area contributed by atoms with Crippen LogP contribution >= 0.6 is 0 Å². The lowest BCUT2D eigenvalue weighted by atomic mass is 9.94. The third-order valence-electron chi connectivity index (χ3n) is 6.90. The van der Waals surface area contributed by atoms with Crippen LogP contribution < -0.4 is 5.32 Å². The number of aliphatic imine (C=N–C) groups is 1. The highest BCUT2D eigenvalue weighted by atomic mass is 16.5. The molecule has 0 saturated heterocycles. The lowest BCUT2D eigenvalue weighted by Crippen LogP contribution is -2.40. The van der Waals surface area contributed by atoms with Crippen LogP contribution in [0.15, 0.2) is 46.5 Å². The van der Waals surface area contributed by atoms with Crippen molar-refractivity contribution in [2.45, 2.75) is 106 Å². The molecule has 0 aliphatic heterocycles. The summed E-state index contributed by atoms with van der Waals surface area (Å²) in [7, 11) is 0. The summed E-state index contributed by atoms with van der Waals surface area (Å²) in [6.07, 6.45) is 10.8. The highest BCUT2D eigenvalue weighted by molar-refractivity contribution is 6.06. The van der Waals surface area contributed by atoms with Gasteiger partial charge in [-0.25, -0.2) is 0 Å². The molecule has 0 amide bonds. The van der Waals surface area contributed by atoms with E-state index in [4.69, 9.17) is 9.73 Å². The van der Waals surface area contributed by atoms with Crippen LogP contribution in [0.2, 0.25) is 0 Å². The van der Waals surface area contributed by atoms with Crippen LogP contribution in [-0.2, 0) is 20.9 Å². The van der Waals surface area contributed by atoms with Crippen molar-refractivity contribution in [3.63, 3.8) is 0 Å². The van der Waals surface area contributed by atoms with Crippen molar-refractivity contribution in [2.24, 2.45) is 16.8 Å². The number of aldehydes is 1. The number of carbonyl (C=O) groups is 2. The first-order chi connectivity index (χ1) is 17.2. The maximum absolute atomic E-state index is 12.9. The van der Waals surface area contributed by atoms with Gasteiger partial charge in [0, 0.05) is 6.54 Å². The summed E-state index contributed by atoms with van der Waals surface area (Å²) < 4.78 is 5.82. The highest BCUT2D eigenvalue weighted by Crippen LogP contribution is 2.26. The lowest BCUT2D eigenvalue weighted by molar-refractivity contribution is -0.151. The van der Waals surface area contributed by atoms with Crippen molar-refractivity contribution in [3.8, 4) is 0 Å². The first kappa shape index (κ1) is 29.7. The largest absolute Gasteiger partial charge is 0.461 e. The van der Waals surface area contributed by atoms with Gasteiger partial charge in [0.25, 0.3) is 0 Å². The molecule has 2 atom stereocenters. The minimum Gasteiger partial charge on any atom is -0.461 e. The molecule has 1 aromatic rings. The van der Waals surface area contributed by atoms with Crippen molar-refractivity contribution in [3.05, 3.63) is 52.6 Å². The van der Waals surface area contributed by atoms with E-state index in [-0.39, 0.29) is 24.0 Å². The Morgan fingerprint density at radius 2 is 1.92 bits per heavy atom. The molecule has 1 aliphatic rings. The molecule has 0 aromatic heterocycles. The number of nitrogens with one attached hydrogen (secondary N) is 1. The Balaban J connectivity index is 2.27.